The number of nitrogens with two attached hydrogens (primary N) is 1. The van der Waals surface area contributed by atoms with Gasteiger partial charge in [-0.15, -0.1) is 0 Å². The third kappa shape index (κ3) is 5.45. The van der Waals surface area contributed by atoms with E-state index in [-0.39, 0.29) is 11.8 Å². The van der Waals surface area contributed by atoms with Gasteiger partial charge in [0.05, 0.1) is 24.3 Å². The van der Waals surface area contributed by atoms with Crippen molar-refractivity contribution >= 4 is 16.7 Å². The first-order valence-electron chi connectivity index (χ1n) is 11.2. The van der Waals surface area contributed by atoms with Crippen molar-refractivity contribution in [2.75, 3.05) is 51.3 Å². The van der Waals surface area contributed by atoms with Crippen LogP contribution in [0.25, 0.3) is 22.3 Å². The van der Waals surface area contributed by atoms with Gasteiger partial charge in [0.25, 0.3) is 0 Å². The maximum Gasteiger partial charge on any atom is 0.166 e. The number of nitrogens with one attached hydrogen (secondary N) is 1. The van der Waals surface area contributed by atoms with Crippen molar-refractivity contribution < 1.29 is 14.6 Å². The Hall–Kier alpha value is -2.94. The zero-order valence-corrected chi connectivity index (χ0v) is 18.5. The molecule has 1 aliphatic rings. The van der Waals surface area contributed by atoms with Gasteiger partial charge in [0.15, 0.2) is 5.82 Å². The molecule has 0 amide bonds. The van der Waals surface area contributed by atoms with E-state index in [4.69, 9.17) is 20.2 Å². The number of nitrogens with zero attached hydrogens (tertiary/aromatic N) is 3. The fourth-order valence-corrected chi connectivity index (χ4v) is 3.61. The molecule has 0 bridgehead atoms. The third-order valence-electron chi connectivity index (χ3n) is 5.65. The van der Waals surface area contributed by atoms with Crippen LogP contribution in [-0.2, 0) is 4.74 Å². The summed E-state index contributed by atoms with van der Waals surface area (Å²) in [4.78, 5) is 11.7. The van der Waals surface area contributed by atoms with Gasteiger partial charge in [0, 0.05) is 37.6 Å². The van der Waals surface area contributed by atoms with Crippen molar-refractivity contribution in [2.24, 2.45) is 5.73 Å². The average Bonchev–Trinajstić information content (AvgIpc) is 2.83. The van der Waals surface area contributed by atoms with Crippen LogP contribution < -0.4 is 15.8 Å². The average molecular weight is 438 g/mol. The minimum atomic E-state index is 0.0313. The fraction of sp³-hybridized carbons (Fsp3) is 0.417. The van der Waals surface area contributed by atoms with Crippen molar-refractivity contribution in [3.63, 3.8) is 0 Å². The lowest BCUT2D eigenvalue weighted by Gasteiger charge is -2.26. The molecule has 1 aliphatic heterocycles. The van der Waals surface area contributed by atoms with Crippen LogP contribution in [0.3, 0.4) is 0 Å². The van der Waals surface area contributed by atoms with Gasteiger partial charge in [-0.3, -0.25) is 4.90 Å². The molecule has 0 spiro atoms. The summed E-state index contributed by atoms with van der Waals surface area (Å²) in [7, 11) is 0. The summed E-state index contributed by atoms with van der Waals surface area (Å²) in [6, 6.07) is 13.0. The van der Waals surface area contributed by atoms with Gasteiger partial charge in [-0.05, 0) is 36.8 Å². The smallest absolute Gasteiger partial charge is 0.166 e. The number of morpholine rings is 1. The first-order chi connectivity index (χ1) is 15.6. The maximum absolute atomic E-state index is 10.5. The summed E-state index contributed by atoms with van der Waals surface area (Å²) in [5.41, 5.74) is 7.41. The quantitative estimate of drug-likeness (QED) is 0.469. The summed E-state index contributed by atoms with van der Waals surface area (Å²) < 4.78 is 11.3. The number of phenols is 1. The maximum atomic E-state index is 10.5. The second kappa shape index (κ2) is 10.6. The van der Waals surface area contributed by atoms with Crippen LogP contribution in [0.5, 0.6) is 11.5 Å². The Labute approximate surface area is 188 Å². The molecule has 170 valence electrons. The molecule has 4 N–H and O–H groups in total. The van der Waals surface area contributed by atoms with Crippen molar-refractivity contribution in [1.29, 1.82) is 0 Å². The first kappa shape index (κ1) is 22.3. The number of ether oxygens (including phenoxy) is 2. The molecule has 1 fully saturated rings. The molecule has 2 heterocycles. The zero-order chi connectivity index (χ0) is 22.3. The molecule has 32 heavy (non-hydrogen) atoms. The summed E-state index contributed by atoms with van der Waals surface area (Å²) in [5, 5.41) is 14.8. The highest BCUT2D eigenvalue weighted by molar-refractivity contribution is 5.91. The third-order valence-corrected chi connectivity index (χ3v) is 5.65. The largest absolute Gasteiger partial charge is 0.507 e. The summed E-state index contributed by atoms with van der Waals surface area (Å²) in [6.45, 7) is 7.43. The van der Waals surface area contributed by atoms with E-state index in [9.17, 15) is 5.11 Å². The van der Waals surface area contributed by atoms with Crippen LogP contribution in [0.15, 0.2) is 42.5 Å². The SMILES string of the molecule is CC[C@H](N)CNc1nc(-c2cc(OCCN3CCOCC3)ccc2O)nc2ccccc12. The van der Waals surface area contributed by atoms with Crippen LogP contribution in [0.2, 0.25) is 0 Å². The van der Waals surface area contributed by atoms with Crippen molar-refractivity contribution in [3.8, 4) is 22.9 Å². The highest BCUT2D eigenvalue weighted by atomic mass is 16.5. The Balaban J connectivity index is 1.56. The molecule has 0 unspecified atom stereocenters. The van der Waals surface area contributed by atoms with E-state index in [0.29, 0.717) is 36.1 Å². The summed E-state index contributed by atoms with van der Waals surface area (Å²) >= 11 is 0. The van der Waals surface area contributed by atoms with Gasteiger partial charge in [0.1, 0.15) is 23.9 Å². The monoisotopic (exact) mass is 437 g/mol. The van der Waals surface area contributed by atoms with Gasteiger partial charge in [-0.25, -0.2) is 9.97 Å². The number of anilines is 1. The van der Waals surface area contributed by atoms with Crippen molar-refractivity contribution in [3.05, 3.63) is 42.5 Å². The lowest BCUT2D eigenvalue weighted by molar-refractivity contribution is 0.0322. The minimum absolute atomic E-state index is 0.0313. The topological polar surface area (TPSA) is 106 Å². The number of para-hydroxylation sites is 1. The van der Waals surface area contributed by atoms with Gasteiger partial charge < -0.3 is 25.6 Å². The molecular formula is C24H31N5O3. The molecule has 1 atom stereocenters. The number of hydrogen-bond acceptors (Lipinski definition) is 8. The van der Waals surface area contributed by atoms with E-state index in [1.165, 1.54) is 0 Å². The molecule has 4 rings (SSSR count). The standard InChI is InChI=1S/C24H31N5O3/c1-2-17(25)16-26-23-19-5-3-4-6-21(19)27-24(28-23)20-15-18(7-8-22(20)30)32-14-11-29-9-12-31-13-10-29/h3-8,15,17,30H,2,9-14,16,25H2,1H3,(H,26,27,28)/t17-/m0/s1. The number of aromatic hydroxyl groups is 1. The highest BCUT2D eigenvalue weighted by Crippen LogP contribution is 2.33. The van der Waals surface area contributed by atoms with E-state index in [2.05, 4.69) is 22.1 Å². The van der Waals surface area contributed by atoms with Gasteiger partial charge in [-0.1, -0.05) is 19.1 Å². The number of aromatic nitrogens is 2. The second-order valence-corrected chi connectivity index (χ2v) is 7.94. The minimum Gasteiger partial charge on any atom is -0.507 e. The van der Waals surface area contributed by atoms with Crippen molar-refractivity contribution in [1.82, 2.24) is 14.9 Å². The molecule has 8 heteroatoms. The number of hydrogen-bond donors (Lipinski definition) is 3. The normalized spacial score (nSPS) is 15.6. The van der Waals surface area contributed by atoms with Crippen molar-refractivity contribution in [2.45, 2.75) is 19.4 Å². The molecule has 1 saturated heterocycles. The Kier molecular flexibility index (Phi) is 7.36. The number of fused-ring (bicyclic) bond motifs is 1. The number of rotatable bonds is 9. The van der Waals surface area contributed by atoms with Crippen LogP contribution in [0.4, 0.5) is 5.82 Å². The molecule has 1 aromatic heterocycles. The Morgan fingerprint density at radius 1 is 1.19 bits per heavy atom. The molecular weight excluding hydrogens is 406 g/mol. The number of benzene rings is 2. The second-order valence-electron chi connectivity index (χ2n) is 7.94. The lowest BCUT2D eigenvalue weighted by atomic mass is 10.1. The van der Waals surface area contributed by atoms with E-state index < -0.39 is 0 Å². The molecule has 8 nitrogen and oxygen atoms in total. The molecule has 0 aliphatic carbocycles. The highest BCUT2D eigenvalue weighted by Gasteiger charge is 2.15. The van der Waals surface area contributed by atoms with E-state index in [1.807, 2.05) is 24.3 Å². The van der Waals surface area contributed by atoms with E-state index in [1.54, 1.807) is 18.2 Å². The summed E-state index contributed by atoms with van der Waals surface area (Å²) in [5.74, 6) is 1.92. The molecule has 0 radical (unpaired) electrons. The number of phenolic OH excluding ortho intramolecular Hbond substituents is 1. The van der Waals surface area contributed by atoms with Crippen LogP contribution >= 0.6 is 0 Å². The zero-order valence-electron chi connectivity index (χ0n) is 18.5. The Morgan fingerprint density at radius 3 is 2.81 bits per heavy atom. The van der Waals surface area contributed by atoms with E-state index in [0.717, 1.165) is 50.2 Å². The van der Waals surface area contributed by atoms with Gasteiger partial charge >= 0.3 is 0 Å². The van der Waals surface area contributed by atoms with Crippen LogP contribution in [0, 0.1) is 0 Å². The first-order valence-corrected chi connectivity index (χ1v) is 11.2. The molecule has 3 aromatic rings. The van der Waals surface area contributed by atoms with Crippen LogP contribution in [0.1, 0.15) is 13.3 Å². The van der Waals surface area contributed by atoms with Crippen LogP contribution in [-0.4, -0.2) is 72.0 Å². The molecule has 0 saturated carbocycles. The van der Waals surface area contributed by atoms with Gasteiger partial charge in [-0.2, -0.15) is 0 Å². The van der Waals surface area contributed by atoms with E-state index >= 15 is 0 Å². The Morgan fingerprint density at radius 2 is 2.00 bits per heavy atom. The Bertz CT molecular complexity index is 1040. The lowest BCUT2D eigenvalue weighted by Crippen LogP contribution is -2.38. The molecule has 2 aromatic carbocycles. The predicted molar refractivity (Wildman–Crippen MR) is 126 cm³/mol. The van der Waals surface area contributed by atoms with Gasteiger partial charge in [0.2, 0.25) is 0 Å². The predicted octanol–water partition coefficient (Wildman–Crippen LogP) is 2.86. The fourth-order valence-electron chi connectivity index (χ4n) is 3.61. The summed E-state index contributed by atoms with van der Waals surface area (Å²) in [6.07, 6.45) is 0.869.